The highest BCUT2D eigenvalue weighted by Gasteiger charge is 2.95. The van der Waals surface area contributed by atoms with Gasteiger partial charge in [0.05, 0.1) is 0 Å². The van der Waals surface area contributed by atoms with Gasteiger partial charge in [0.15, 0.2) is 0 Å². The maximum Gasteiger partial charge on any atom is 0.438 e. The summed E-state index contributed by atoms with van der Waals surface area (Å²) >= 11 is -0.927. The van der Waals surface area contributed by atoms with Gasteiger partial charge in [-0.1, -0.05) is 0 Å². The molecule has 0 aromatic rings. The minimum absolute atomic E-state index is 0.927. The molecule has 0 spiro atoms. The minimum atomic E-state index is -8.32. The van der Waals surface area contributed by atoms with Crippen LogP contribution in [-0.2, 0) is 0 Å². The van der Waals surface area contributed by atoms with E-state index in [4.69, 9.17) is 0 Å². The van der Waals surface area contributed by atoms with Gasteiger partial charge >= 0.3 is 39.7 Å². The van der Waals surface area contributed by atoms with Crippen molar-refractivity contribution in [1.29, 1.82) is 0 Å². The van der Waals surface area contributed by atoms with Crippen LogP contribution in [0, 0.1) is 0 Å². The van der Waals surface area contributed by atoms with Crippen molar-refractivity contribution in [2.75, 3.05) is 0 Å². The third kappa shape index (κ3) is 2.91. The summed E-state index contributed by atoms with van der Waals surface area (Å²) in [5.41, 5.74) is -8.22. The highest BCUT2D eigenvalue weighted by Crippen LogP contribution is 2.64. The van der Waals surface area contributed by atoms with Gasteiger partial charge in [-0.15, -0.1) is 0 Å². The highest BCUT2D eigenvalue weighted by atomic mass is 127. The van der Waals surface area contributed by atoms with Crippen LogP contribution in [0.3, 0.4) is 0 Å². The Balaban J connectivity index is 6.65. The van der Waals surface area contributed by atoms with Crippen molar-refractivity contribution in [3.8, 4) is 0 Å². The Bertz CT molecular complexity index is 422. The zero-order valence-corrected chi connectivity index (χ0v) is 11.7. The molecule has 0 rings (SSSR count). The molecule has 0 nitrogen and oxygen atoms in total. The van der Waals surface area contributed by atoms with Gasteiger partial charge in [-0.25, -0.2) is 4.39 Å². The summed E-state index contributed by atoms with van der Waals surface area (Å²) in [6.07, 6.45) is -15.8. The zero-order chi connectivity index (χ0) is 19.5. The van der Waals surface area contributed by atoms with E-state index in [1.807, 2.05) is 0 Å². The Morgan fingerprint density at radius 3 is 0.826 bits per heavy atom. The molecule has 0 unspecified atom stereocenters. The van der Waals surface area contributed by atoms with Gasteiger partial charge in [0.25, 0.3) is 0 Å². The summed E-state index contributed by atoms with van der Waals surface area (Å²) in [5, 5.41) is 0. The van der Waals surface area contributed by atoms with E-state index < -0.39 is 62.3 Å². The molecule has 0 amide bonds. The van der Waals surface area contributed by atoms with Crippen molar-refractivity contribution in [3.63, 3.8) is 0 Å². The summed E-state index contributed by atoms with van der Waals surface area (Å²) in [5.74, 6) is -23.9. The Morgan fingerprint density at radius 1 is 0.391 bits per heavy atom. The van der Waals surface area contributed by atoms with Gasteiger partial charge in [0, 0.05) is 22.6 Å². The quantitative estimate of drug-likeness (QED) is 0.264. The maximum atomic E-state index is 12.9. The van der Waals surface area contributed by atoms with Crippen LogP contribution in [0.25, 0.3) is 0 Å². The average molecular weight is 496 g/mol. The molecule has 0 radical (unpaired) electrons. The zero-order valence-electron chi connectivity index (χ0n) is 9.55. The molecular formula is C7F15I. The fraction of sp³-hybridized carbons (Fsp3) is 1.00. The second-order valence-electron chi connectivity index (χ2n) is 3.87. The van der Waals surface area contributed by atoms with Crippen LogP contribution in [0.4, 0.5) is 65.9 Å². The Morgan fingerprint density at radius 2 is 0.652 bits per heavy atom. The molecule has 0 fully saturated rings. The molecule has 0 aliphatic rings. The van der Waals surface area contributed by atoms with Crippen LogP contribution in [0.15, 0.2) is 0 Å². The maximum absolute atomic E-state index is 12.9. The fourth-order valence-corrected chi connectivity index (χ4v) is 1.45. The van der Waals surface area contributed by atoms with Crippen molar-refractivity contribution in [3.05, 3.63) is 0 Å². The first-order valence-corrected chi connectivity index (χ1v) is 5.60. The van der Waals surface area contributed by atoms with Crippen LogP contribution in [-0.4, -0.2) is 39.7 Å². The Hall–Kier alpha value is -0.320. The van der Waals surface area contributed by atoms with E-state index in [0.717, 1.165) is 0 Å². The molecule has 0 N–H and O–H groups in total. The third-order valence-corrected chi connectivity index (χ3v) is 3.04. The van der Waals surface area contributed by atoms with Crippen molar-refractivity contribution < 1.29 is 65.9 Å². The molecule has 23 heavy (non-hydrogen) atoms. The first kappa shape index (κ1) is 22.7. The third-order valence-electron chi connectivity index (χ3n) is 2.36. The van der Waals surface area contributed by atoms with E-state index in [0.29, 0.717) is 0 Å². The lowest BCUT2D eigenvalue weighted by Crippen LogP contribution is -2.74. The molecule has 0 saturated carbocycles. The van der Waals surface area contributed by atoms with Gasteiger partial charge in [-0.05, 0) is 0 Å². The smallest absolute Gasteiger partial charge is 0.216 e. The van der Waals surface area contributed by atoms with Crippen molar-refractivity contribution in [2.45, 2.75) is 39.7 Å². The van der Waals surface area contributed by atoms with Gasteiger partial charge in [0.1, 0.15) is 0 Å². The molecule has 0 aliphatic heterocycles. The lowest BCUT2D eigenvalue weighted by atomic mass is 9.88. The van der Waals surface area contributed by atoms with E-state index in [9.17, 15) is 65.9 Å². The summed E-state index contributed by atoms with van der Waals surface area (Å²) in [6.45, 7) is 0. The van der Waals surface area contributed by atoms with E-state index in [-0.39, 0.29) is 0 Å². The number of hydrogen-bond acceptors (Lipinski definition) is 0. The SMILES string of the molecule is FC(F)(F)C(F)(C(F)(F)F)C(F)(F)C(F)(F)C(F)(F)C(F)(F)I. The molecule has 0 aromatic heterocycles. The van der Waals surface area contributed by atoms with Crippen molar-refractivity contribution in [1.82, 2.24) is 0 Å². The molecule has 16 heteroatoms. The fourth-order valence-electron chi connectivity index (χ4n) is 1.11. The number of halogens is 16. The normalized spacial score (nSPS) is 16.7. The molecule has 0 atom stereocenters. The van der Waals surface area contributed by atoms with E-state index in [1.54, 1.807) is 0 Å². The monoisotopic (exact) mass is 496 g/mol. The van der Waals surface area contributed by atoms with Crippen LogP contribution in [0.1, 0.15) is 0 Å². The van der Waals surface area contributed by atoms with Crippen LogP contribution in [0.2, 0.25) is 0 Å². The molecule has 0 bridgehead atoms. The molecule has 0 heterocycles. The Kier molecular flexibility index (Phi) is 5.26. The number of alkyl halides is 16. The van der Waals surface area contributed by atoms with E-state index in [2.05, 4.69) is 0 Å². The number of hydrogen-bond donors (Lipinski definition) is 0. The first-order valence-electron chi connectivity index (χ1n) is 4.52. The molecule has 0 saturated heterocycles. The van der Waals surface area contributed by atoms with E-state index in [1.165, 1.54) is 0 Å². The summed E-state index contributed by atoms with van der Waals surface area (Å²) < 4.78 is 180. The van der Waals surface area contributed by atoms with E-state index >= 15 is 0 Å². The van der Waals surface area contributed by atoms with Gasteiger partial charge < -0.3 is 0 Å². The minimum Gasteiger partial charge on any atom is -0.216 e. The lowest BCUT2D eigenvalue weighted by Gasteiger charge is -2.42. The summed E-state index contributed by atoms with van der Waals surface area (Å²) in [4.78, 5) is 0. The van der Waals surface area contributed by atoms with Gasteiger partial charge in [-0.3, -0.25) is 0 Å². The van der Waals surface area contributed by atoms with Crippen LogP contribution >= 0.6 is 22.6 Å². The standard InChI is InChI=1S/C7F15I/c8-1(5(15,16)17,6(18,19)20)2(9,10)3(11,12)4(13,14)7(21,22)23. The van der Waals surface area contributed by atoms with Crippen LogP contribution in [0.5, 0.6) is 0 Å². The Labute approximate surface area is 129 Å². The predicted molar refractivity (Wildman–Crippen MR) is 49.8 cm³/mol. The average Bonchev–Trinajstić information content (AvgIpc) is 2.22. The second-order valence-corrected chi connectivity index (χ2v) is 5.23. The summed E-state index contributed by atoms with van der Waals surface area (Å²) in [6, 6.07) is 0. The highest BCUT2D eigenvalue weighted by molar-refractivity contribution is 14.1. The van der Waals surface area contributed by atoms with Gasteiger partial charge in [0.2, 0.25) is 0 Å². The largest absolute Gasteiger partial charge is 0.438 e. The molecular weight excluding hydrogens is 496 g/mol. The molecule has 0 aromatic carbocycles. The van der Waals surface area contributed by atoms with Gasteiger partial charge in [-0.2, -0.15) is 61.5 Å². The topological polar surface area (TPSA) is 0 Å². The predicted octanol–water partition coefficient (Wildman–Crippen LogP) is 5.75. The molecule has 140 valence electrons. The lowest BCUT2D eigenvalue weighted by molar-refractivity contribution is -0.451. The molecule has 0 aliphatic carbocycles. The second kappa shape index (κ2) is 5.34. The first-order chi connectivity index (χ1) is 9.50. The van der Waals surface area contributed by atoms with Crippen LogP contribution < -0.4 is 0 Å². The van der Waals surface area contributed by atoms with Crippen molar-refractivity contribution in [2.24, 2.45) is 0 Å². The van der Waals surface area contributed by atoms with Crippen molar-refractivity contribution >= 4 is 22.6 Å². The number of rotatable bonds is 4. The summed E-state index contributed by atoms with van der Waals surface area (Å²) in [7, 11) is 0.